The van der Waals surface area contributed by atoms with E-state index in [2.05, 4.69) is 13.8 Å². The van der Waals surface area contributed by atoms with Gasteiger partial charge in [0.25, 0.3) is 0 Å². The van der Waals surface area contributed by atoms with Crippen LogP contribution < -0.4 is 0 Å². The Labute approximate surface area is 132 Å². The Balaban J connectivity index is 1.70. The molecule has 0 aromatic carbocycles. The molecular weight excluding hydrogens is 276 g/mol. The second kappa shape index (κ2) is 4.66. The highest BCUT2D eigenvalue weighted by atomic mass is 16.3. The van der Waals surface area contributed by atoms with Crippen molar-refractivity contribution in [1.82, 2.24) is 0 Å². The van der Waals surface area contributed by atoms with E-state index < -0.39 is 0 Å². The van der Waals surface area contributed by atoms with Crippen LogP contribution in [0.15, 0.2) is 0 Å². The Kier molecular flexibility index (Phi) is 3.15. The molecule has 4 rings (SSSR count). The molecule has 0 amide bonds. The van der Waals surface area contributed by atoms with E-state index in [0.717, 1.165) is 25.7 Å². The van der Waals surface area contributed by atoms with Crippen LogP contribution in [0, 0.1) is 34.5 Å². The summed E-state index contributed by atoms with van der Waals surface area (Å²) >= 11 is 0. The van der Waals surface area contributed by atoms with Gasteiger partial charge < -0.3 is 5.11 Å². The molecule has 1 N–H and O–H groups in total. The number of aliphatic hydroxyl groups excluding tert-OH is 1. The first-order valence-electron chi connectivity index (χ1n) is 9.09. The first-order chi connectivity index (χ1) is 10.4. The first kappa shape index (κ1) is 14.9. The molecule has 0 aromatic heterocycles. The summed E-state index contributed by atoms with van der Waals surface area (Å²) in [5.41, 5.74) is -0.183. The Morgan fingerprint density at radius 1 is 1.09 bits per heavy atom. The molecule has 4 aliphatic rings. The standard InChI is InChI=1S/C19H28O3/c1-18-8-7-12(20)9-11(18)3-4-13-14-5-6-16(22)19(14,2)10-15(21)17(13)18/h11,13-15,17,21H,3-10H2,1-2H3/t11?,13-,14-,15-,17+,18-,19-/m0/s1. The van der Waals surface area contributed by atoms with Crippen molar-refractivity contribution in [3.8, 4) is 0 Å². The summed E-state index contributed by atoms with van der Waals surface area (Å²) < 4.78 is 0. The second-order valence-corrected chi connectivity index (χ2v) is 8.97. The molecule has 4 aliphatic carbocycles. The van der Waals surface area contributed by atoms with E-state index in [0.29, 0.717) is 60.9 Å². The van der Waals surface area contributed by atoms with Gasteiger partial charge in [-0.05, 0) is 61.2 Å². The molecule has 0 aliphatic heterocycles. The molecule has 3 nitrogen and oxygen atoms in total. The van der Waals surface area contributed by atoms with Crippen LogP contribution in [0.25, 0.3) is 0 Å². The molecule has 0 bridgehead atoms. The quantitative estimate of drug-likeness (QED) is 0.748. The van der Waals surface area contributed by atoms with Gasteiger partial charge >= 0.3 is 0 Å². The lowest BCUT2D eigenvalue weighted by atomic mass is 9.44. The topological polar surface area (TPSA) is 54.4 Å². The highest BCUT2D eigenvalue weighted by Gasteiger charge is 2.63. The lowest BCUT2D eigenvalue weighted by Gasteiger charge is -2.60. The average molecular weight is 304 g/mol. The average Bonchev–Trinajstić information content (AvgIpc) is 2.75. The molecule has 122 valence electrons. The molecule has 1 unspecified atom stereocenters. The van der Waals surface area contributed by atoms with E-state index in [4.69, 9.17) is 0 Å². The van der Waals surface area contributed by atoms with Gasteiger partial charge in [0.2, 0.25) is 0 Å². The maximum Gasteiger partial charge on any atom is 0.139 e. The van der Waals surface area contributed by atoms with Crippen LogP contribution in [0.1, 0.15) is 65.2 Å². The molecule has 0 aromatic rings. The van der Waals surface area contributed by atoms with Crippen molar-refractivity contribution in [2.75, 3.05) is 0 Å². The predicted octanol–water partition coefficient (Wildman–Crippen LogP) is 3.14. The van der Waals surface area contributed by atoms with Gasteiger partial charge in [0.1, 0.15) is 11.6 Å². The van der Waals surface area contributed by atoms with E-state index in [1.807, 2.05) is 0 Å². The zero-order valence-electron chi connectivity index (χ0n) is 13.8. The predicted molar refractivity (Wildman–Crippen MR) is 83.1 cm³/mol. The number of Topliss-reactive ketones (excluding diaryl/α,β-unsaturated/α-hetero) is 2. The minimum Gasteiger partial charge on any atom is -0.393 e. The number of fused-ring (bicyclic) bond motifs is 5. The second-order valence-electron chi connectivity index (χ2n) is 8.97. The molecule has 7 atom stereocenters. The lowest BCUT2D eigenvalue weighted by molar-refractivity contribution is -0.171. The zero-order valence-corrected chi connectivity index (χ0v) is 13.8. The van der Waals surface area contributed by atoms with Crippen molar-refractivity contribution >= 4 is 11.6 Å². The smallest absolute Gasteiger partial charge is 0.139 e. The van der Waals surface area contributed by atoms with E-state index in [1.54, 1.807) is 0 Å². The summed E-state index contributed by atoms with van der Waals surface area (Å²) in [6, 6.07) is 0. The van der Waals surface area contributed by atoms with E-state index in [-0.39, 0.29) is 16.9 Å². The van der Waals surface area contributed by atoms with Crippen molar-refractivity contribution < 1.29 is 14.7 Å². The fourth-order valence-electron chi connectivity index (χ4n) is 6.94. The fourth-order valence-corrected chi connectivity index (χ4v) is 6.94. The Morgan fingerprint density at radius 3 is 2.64 bits per heavy atom. The molecule has 0 saturated heterocycles. The Bertz CT molecular complexity index is 527. The summed E-state index contributed by atoms with van der Waals surface area (Å²) in [5, 5.41) is 11.0. The van der Waals surface area contributed by atoms with Crippen molar-refractivity contribution in [3.63, 3.8) is 0 Å². The maximum atomic E-state index is 12.4. The van der Waals surface area contributed by atoms with Crippen molar-refractivity contribution in [2.45, 2.75) is 71.3 Å². The van der Waals surface area contributed by atoms with Crippen LogP contribution in [0.2, 0.25) is 0 Å². The summed E-state index contributed by atoms with van der Waals surface area (Å²) in [6.45, 7) is 4.43. The summed E-state index contributed by atoms with van der Waals surface area (Å²) in [4.78, 5) is 24.3. The molecule has 0 heterocycles. The van der Waals surface area contributed by atoms with Crippen LogP contribution >= 0.6 is 0 Å². The number of carbonyl (C=O) groups is 2. The first-order valence-corrected chi connectivity index (χ1v) is 9.09. The summed E-state index contributed by atoms with van der Waals surface area (Å²) in [6.07, 6.45) is 6.55. The van der Waals surface area contributed by atoms with Gasteiger partial charge in [-0.2, -0.15) is 0 Å². The molecule has 22 heavy (non-hydrogen) atoms. The summed E-state index contributed by atoms with van der Waals surface area (Å²) in [7, 11) is 0. The third-order valence-corrected chi connectivity index (χ3v) is 8.12. The minimum absolute atomic E-state index is 0.100. The number of rotatable bonds is 0. The number of hydrogen-bond acceptors (Lipinski definition) is 3. The van der Waals surface area contributed by atoms with E-state index in [1.165, 1.54) is 0 Å². The van der Waals surface area contributed by atoms with Crippen LogP contribution in [-0.2, 0) is 9.59 Å². The minimum atomic E-state index is -0.366. The zero-order chi connectivity index (χ0) is 15.7. The van der Waals surface area contributed by atoms with Gasteiger partial charge in [0, 0.05) is 24.7 Å². The molecule has 3 heteroatoms. The molecule has 4 fully saturated rings. The van der Waals surface area contributed by atoms with Crippen LogP contribution in [0.5, 0.6) is 0 Å². The highest BCUT2D eigenvalue weighted by Crippen LogP contribution is 2.65. The third kappa shape index (κ3) is 1.78. The molecular formula is C19H28O3. The SMILES string of the molecule is C[C@]12CCC(=O)CC1CC[C@@H]1[C@@H]2[C@@H](O)C[C@]2(C)C(=O)CC[C@@H]12. The highest BCUT2D eigenvalue weighted by molar-refractivity contribution is 5.87. The monoisotopic (exact) mass is 304 g/mol. The Morgan fingerprint density at radius 2 is 1.86 bits per heavy atom. The van der Waals surface area contributed by atoms with Crippen molar-refractivity contribution in [3.05, 3.63) is 0 Å². The van der Waals surface area contributed by atoms with Gasteiger partial charge in [-0.3, -0.25) is 9.59 Å². The number of ketones is 2. The lowest BCUT2D eigenvalue weighted by Crippen LogP contribution is -2.58. The van der Waals surface area contributed by atoms with Gasteiger partial charge in [0.05, 0.1) is 6.10 Å². The summed E-state index contributed by atoms with van der Waals surface area (Å²) in [5.74, 6) is 2.47. The molecule has 0 radical (unpaired) electrons. The molecule has 0 spiro atoms. The Hall–Kier alpha value is -0.700. The number of aliphatic hydroxyl groups is 1. The van der Waals surface area contributed by atoms with Gasteiger partial charge in [0.15, 0.2) is 0 Å². The third-order valence-electron chi connectivity index (χ3n) is 8.12. The normalized spacial score (nSPS) is 54.6. The van der Waals surface area contributed by atoms with Gasteiger partial charge in [-0.25, -0.2) is 0 Å². The largest absolute Gasteiger partial charge is 0.393 e. The van der Waals surface area contributed by atoms with Crippen LogP contribution in [-0.4, -0.2) is 22.8 Å². The van der Waals surface area contributed by atoms with Gasteiger partial charge in [-0.1, -0.05) is 13.8 Å². The fraction of sp³-hybridized carbons (Fsp3) is 0.895. The van der Waals surface area contributed by atoms with Crippen molar-refractivity contribution in [2.24, 2.45) is 34.5 Å². The number of hydrogen-bond donors (Lipinski definition) is 1. The van der Waals surface area contributed by atoms with E-state index >= 15 is 0 Å². The number of carbonyl (C=O) groups excluding carboxylic acids is 2. The van der Waals surface area contributed by atoms with Crippen LogP contribution in [0.3, 0.4) is 0 Å². The van der Waals surface area contributed by atoms with Gasteiger partial charge in [-0.15, -0.1) is 0 Å². The van der Waals surface area contributed by atoms with Crippen LogP contribution in [0.4, 0.5) is 0 Å². The van der Waals surface area contributed by atoms with Crippen molar-refractivity contribution in [1.29, 1.82) is 0 Å². The van der Waals surface area contributed by atoms with E-state index in [9.17, 15) is 14.7 Å². The maximum absolute atomic E-state index is 12.4. The molecule has 4 saturated carbocycles.